The highest BCUT2D eigenvalue weighted by atomic mass is 32.2. The van der Waals surface area contributed by atoms with Crippen molar-refractivity contribution in [3.8, 4) is 5.75 Å². The van der Waals surface area contributed by atoms with Crippen LogP contribution in [-0.2, 0) is 20.6 Å². The minimum atomic E-state index is -3.91. The Balaban J connectivity index is 1.12. The Morgan fingerprint density at radius 3 is 2.09 bits per heavy atom. The lowest BCUT2D eigenvalue weighted by molar-refractivity contribution is 0.0769. The molecule has 0 amide bonds. The van der Waals surface area contributed by atoms with Gasteiger partial charge in [-0.2, -0.15) is 0 Å². The van der Waals surface area contributed by atoms with E-state index in [1.165, 1.54) is 83.6 Å². The lowest BCUT2D eigenvalue weighted by atomic mass is 9.96. The molecule has 292 valence electrons. The summed E-state index contributed by atoms with van der Waals surface area (Å²) in [5.74, 6) is 0.684. The van der Waals surface area contributed by atoms with E-state index in [0.717, 1.165) is 63.8 Å². The number of aromatic nitrogens is 1. The van der Waals surface area contributed by atoms with Gasteiger partial charge in [0.15, 0.2) is 0 Å². The Hall–Kier alpha value is -2.57. The highest BCUT2D eigenvalue weighted by Gasteiger charge is 2.33. The lowest BCUT2D eigenvalue weighted by Gasteiger charge is -2.44. The van der Waals surface area contributed by atoms with E-state index in [9.17, 15) is 12.6 Å². The third kappa shape index (κ3) is 10.4. The molecule has 6 rings (SSSR count). The molecular formula is C42H63N5O4S2. The first-order chi connectivity index (χ1) is 25.7. The lowest BCUT2D eigenvalue weighted by Crippen LogP contribution is -2.51. The molecule has 0 spiro atoms. The van der Waals surface area contributed by atoms with E-state index in [4.69, 9.17) is 4.74 Å². The zero-order valence-electron chi connectivity index (χ0n) is 32.5. The number of sulfone groups is 1. The number of rotatable bonds is 16. The number of hydrogen-bond donors (Lipinski definition) is 0. The third-order valence-electron chi connectivity index (χ3n) is 11.9. The van der Waals surface area contributed by atoms with Crippen LogP contribution in [0.15, 0.2) is 63.3 Å². The van der Waals surface area contributed by atoms with Crippen LogP contribution in [0, 0.1) is 0 Å². The zero-order valence-corrected chi connectivity index (χ0v) is 34.1. The molecule has 0 saturated carbocycles. The molecular weight excluding hydrogens is 703 g/mol. The summed E-state index contributed by atoms with van der Waals surface area (Å²) in [5, 5.41) is 0.742. The number of hydrogen-bond acceptors (Lipinski definition) is 9. The molecule has 1 aromatic heterocycles. The van der Waals surface area contributed by atoms with E-state index < -0.39 is 20.6 Å². The number of nitrogens with zero attached hydrogens (tertiary/aromatic N) is 5. The van der Waals surface area contributed by atoms with Crippen LogP contribution in [0.3, 0.4) is 0 Å². The molecule has 0 aliphatic carbocycles. The number of likely N-dealkylation sites (N-methyl/N-ethyl adjacent to an activating group) is 1. The number of benzene rings is 2. The van der Waals surface area contributed by atoms with Gasteiger partial charge in [-0.15, -0.1) is 0 Å². The van der Waals surface area contributed by atoms with Crippen LogP contribution in [-0.4, -0.2) is 117 Å². The van der Waals surface area contributed by atoms with Crippen molar-refractivity contribution in [2.24, 2.45) is 0 Å². The molecule has 0 N–H and O–H groups in total. The number of piperidine rings is 2. The molecule has 3 aliphatic heterocycles. The maximum atomic E-state index is 14.4. The number of fused-ring (bicyclic) bond motifs is 1. The fourth-order valence-electron chi connectivity index (χ4n) is 8.61. The maximum absolute atomic E-state index is 14.4. The molecule has 2 aromatic carbocycles. The van der Waals surface area contributed by atoms with Crippen LogP contribution in [0.25, 0.3) is 10.9 Å². The monoisotopic (exact) mass is 765 g/mol. The standard InChI is InChI=1S/C42H63N5O4S2/c1-4-5-6-7-8-9-10-11-31-51-36-13-16-38(17-14-36)53(49,50)41-33-43-40-18-15-37(52(3)48)32-39(40)42(41)47-27-21-35(22-28-47)46-25-19-34(20-26-46)45-24-12-23-44(2)29-30-45/h13-18,32-35H,4-12,19-31H2,1-3H3. The fourth-order valence-corrected chi connectivity index (χ4v) is 10.6. The van der Waals surface area contributed by atoms with E-state index in [0.29, 0.717) is 40.5 Å². The van der Waals surface area contributed by atoms with Gasteiger partial charge in [-0.1, -0.05) is 51.9 Å². The second kappa shape index (κ2) is 19.3. The van der Waals surface area contributed by atoms with Crippen LogP contribution in [0.1, 0.15) is 90.4 Å². The van der Waals surface area contributed by atoms with Crippen molar-refractivity contribution in [3.63, 3.8) is 0 Å². The normalized spacial score (nSPS) is 19.8. The van der Waals surface area contributed by atoms with Crippen molar-refractivity contribution in [1.82, 2.24) is 19.7 Å². The van der Waals surface area contributed by atoms with Gasteiger partial charge in [-0.05, 0) is 114 Å². The Morgan fingerprint density at radius 1 is 0.774 bits per heavy atom. The van der Waals surface area contributed by atoms with Crippen molar-refractivity contribution in [1.29, 1.82) is 0 Å². The van der Waals surface area contributed by atoms with Gasteiger partial charge in [-0.3, -0.25) is 14.1 Å². The molecule has 4 heterocycles. The van der Waals surface area contributed by atoms with Crippen molar-refractivity contribution in [2.45, 2.75) is 117 Å². The molecule has 9 nitrogen and oxygen atoms in total. The second-order valence-electron chi connectivity index (χ2n) is 15.6. The highest BCUT2D eigenvalue weighted by molar-refractivity contribution is 7.91. The summed E-state index contributed by atoms with van der Waals surface area (Å²) in [6.45, 7) is 11.4. The Morgan fingerprint density at radius 2 is 1.42 bits per heavy atom. The third-order valence-corrected chi connectivity index (χ3v) is 14.6. The number of anilines is 1. The molecule has 11 heteroatoms. The number of ether oxygens (including phenoxy) is 1. The van der Waals surface area contributed by atoms with Crippen molar-refractivity contribution >= 4 is 37.2 Å². The topological polar surface area (TPSA) is 86.3 Å². The Labute approximate surface area is 321 Å². The maximum Gasteiger partial charge on any atom is 0.210 e. The first-order valence-corrected chi connectivity index (χ1v) is 23.4. The fraction of sp³-hybridized carbons (Fsp3) is 0.643. The van der Waals surface area contributed by atoms with Gasteiger partial charge >= 0.3 is 0 Å². The van der Waals surface area contributed by atoms with Gasteiger partial charge in [0.05, 0.1) is 22.7 Å². The first kappa shape index (κ1) is 40.1. The molecule has 3 aromatic rings. The predicted octanol–water partition coefficient (Wildman–Crippen LogP) is 7.40. The van der Waals surface area contributed by atoms with Crippen molar-refractivity contribution in [2.75, 3.05) is 77.2 Å². The van der Waals surface area contributed by atoms with Crippen molar-refractivity contribution in [3.05, 3.63) is 48.7 Å². The van der Waals surface area contributed by atoms with E-state index in [2.05, 4.69) is 38.6 Å². The van der Waals surface area contributed by atoms with Gasteiger partial charge < -0.3 is 19.4 Å². The van der Waals surface area contributed by atoms with Gasteiger partial charge in [0.1, 0.15) is 10.6 Å². The van der Waals surface area contributed by atoms with E-state index >= 15 is 0 Å². The van der Waals surface area contributed by atoms with Gasteiger partial charge in [0, 0.05) is 71.8 Å². The highest BCUT2D eigenvalue weighted by Crippen LogP contribution is 2.39. The first-order valence-electron chi connectivity index (χ1n) is 20.4. The predicted molar refractivity (Wildman–Crippen MR) is 218 cm³/mol. The van der Waals surface area contributed by atoms with Gasteiger partial charge in [-0.25, -0.2) is 8.42 Å². The van der Waals surface area contributed by atoms with Crippen LogP contribution in [0.2, 0.25) is 0 Å². The summed E-state index contributed by atoms with van der Waals surface area (Å²) in [6, 6.07) is 13.6. The van der Waals surface area contributed by atoms with Crippen LogP contribution < -0.4 is 9.64 Å². The van der Waals surface area contributed by atoms with E-state index in [-0.39, 0.29) is 9.79 Å². The summed E-state index contributed by atoms with van der Waals surface area (Å²) in [6.07, 6.45) is 18.7. The summed E-state index contributed by atoms with van der Waals surface area (Å²) < 4.78 is 47.4. The summed E-state index contributed by atoms with van der Waals surface area (Å²) in [5.41, 5.74) is 1.39. The van der Waals surface area contributed by atoms with E-state index in [1.54, 1.807) is 30.5 Å². The summed E-state index contributed by atoms with van der Waals surface area (Å²) in [4.78, 5) is 15.9. The van der Waals surface area contributed by atoms with Crippen LogP contribution in [0.4, 0.5) is 5.69 Å². The smallest absolute Gasteiger partial charge is 0.210 e. The summed E-state index contributed by atoms with van der Waals surface area (Å²) >= 11 is 0. The van der Waals surface area contributed by atoms with Crippen molar-refractivity contribution < 1.29 is 17.4 Å². The molecule has 3 saturated heterocycles. The molecule has 3 fully saturated rings. The van der Waals surface area contributed by atoms with E-state index in [1.807, 2.05) is 18.2 Å². The SMILES string of the molecule is CCCCCCCCCCOc1ccc(S(=O)(=O)c2cnc3ccc(S(C)=O)cc3c2N2CCC(N3CCC(N4CCCN(C)CC4)CC3)CC2)cc1. The largest absolute Gasteiger partial charge is 0.494 e. The second-order valence-corrected chi connectivity index (χ2v) is 18.9. The molecule has 1 unspecified atom stereocenters. The number of likely N-dealkylation sites (tertiary alicyclic amines) is 1. The molecule has 3 aliphatic rings. The average Bonchev–Trinajstić information content (AvgIpc) is 3.41. The van der Waals surface area contributed by atoms with Crippen LogP contribution in [0.5, 0.6) is 5.75 Å². The molecule has 53 heavy (non-hydrogen) atoms. The number of unbranched alkanes of at least 4 members (excludes halogenated alkanes) is 7. The molecule has 0 radical (unpaired) electrons. The number of pyridine rings is 1. The van der Waals surface area contributed by atoms with Gasteiger partial charge in [0.2, 0.25) is 9.84 Å². The summed E-state index contributed by atoms with van der Waals surface area (Å²) in [7, 11) is -2.89. The Kier molecular flexibility index (Phi) is 14.6. The quantitative estimate of drug-likeness (QED) is 0.139. The van der Waals surface area contributed by atoms with Crippen LogP contribution >= 0.6 is 0 Å². The minimum Gasteiger partial charge on any atom is -0.494 e. The molecule has 1 atom stereocenters. The zero-order chi connectivity index (χ0) is 37.2. The Bertz CT molecular complexity index is 1740. The minimum absolute atomic E-state index is 0.207. The average molecular weight is 766 g/mol. The van der Waals surface area contributed by atoms with Gasteiger partial charge in [0.25, 0.3) is 0 Å². The molecule has 0 bridgehead atoms.